The van der Waals surface area contributed by atoms with Gasteiger partial charge in [-0.2, -0.15) is 8.78 Å². The molecule has 0 aromatic heterocycles. The number of carbonyl (C=O) groups excluding carboxylic acids is 1. The molecule has 0 aliphatic heterocycles. The maximum absolute atomic E-state index is 12.8. The monoisotopic (exact) mass is 284 g/mol. The standard InChI is InChI=1S/C10H11F3N2O2.ClH/c1-5(14)9(16)15-7-3-2-6(11)4-8(7)17-10(12)13;/h2-5,10H,14H2,1H3,(H,15,16);1H/t5-;/m0./s1. The van der Waals surface area contributed by atoms with Gasteiger partial charge in [-0.1, -0.05) is 0 Å². The van der Waals surface area contributed by atoms with Crippen molar-refractivity contribution in [3.8, 4) is 5.75 Å². The molecular formula is C10H12ClF3N2O2. The summed E-state index contributed by atoms with van der Waals surface area (Å²) in [6.07, 6.45) is 0. The topological polar surface area (TPSA) is 64.4 Å². The Morgan fingerprint density at radius 3 is 2.56 bits per heavy atom. The number of benzene rings is 1. The van der Waals surface area contributed by atoms with Gasteiger partial charge in [-0.05, 0) is 19.1 Å². The van der Waals surface area contributed by atoms with Gasteiger partial charge in [0.1, 0.15) is 5.82 Å². The second-order valence-electron chi connectivity index (χ2n) is 3.30. The summed E-state index contributed by atoms with van der Waals surface area (Å²) in [6, 6.07) is 2.06. The second-order valence-corrected chi connectivity index (χ2v) is 3.30. The van der Waals surface area contributed by atoms with Gasteiger partial charge in [0.05, 0.1) is 11.7 Å². The van der Waals surface area contributed by atoms with Crippen molar-refractivity contribution in [3.63, 3.8) is 0 Å². The quantitative estimate of drug-likeness (QED) is 0.890. The summed E-state index contributed by atoms with van der Waals surface area (Å²) in [6.45, 7) is -1.69. The number of alkyl halides is 2. The van der Waals surface area contributed by atoms with Gasteiger partial charge in [0.15, 0.2) is 5.75 Å². The van der Waals surface area contributed by atoms with Crippen LogP contribution in [0.2, 0.25) is 0 Å². The first-order chi connectivity index (χ1) is 7.90. The van der Waals surface area contributed by atoms with Crippen molar-refractivity contribution >= 4 is 24.0 Å². The molecule has 0 fully saturated rings. The van der Waals surface area contributed by atoms with Crippen molar-refractivity contribution in [3.05, 3.63) is 24.0 Å². The molecule has 1 rings (SSSR count). The normalized spacial score (nSPS) is 11.7. The summed E-state index contributed by atoms with van der Waals surface area (Å²) in [5.74, 6) is -1.79. The highest BCUT2D eigenvalue weighted by molar-refractivity contribution is 5.95. The number of hydrogen-bond acceptors (Lipinski definition) is 3. The van der Waals surface area contributed by atoms with E-state index in [0.717, 1.165) is 18.2 Å². The minimum atomic E-state index is -3.11. The van der Waals surface area contributed by atoms with Crippen LogP contribution in [0.3, 0.4) is 0 Å². The zero-order valence-electron chi connectivity index (χ0n) is 9.32. The second kappa shape index (κ2) is 7.07. The van der Waals surface area contributed by atoms with Crippen LogP contribution in [-0.2, 0) is 4.79 Å². The Morgan fingerprint density at radius 2 is 2.06 bits per heavy atom. The van der Waals surface area contributed by atoms with Crippen LogP contribution >= 0.6 is 12.4 Å². The molecule has 0 unspecified atom stereocenters. The van der Waals surface area contributed by atoms with Crippen molar-refractivity contribution in [1.29, 1.82) is 0 Å². The van der Waals surface area contributed by atoms with E-state index in [4.69, 9.17) is 5.73 Å². The molecule has 0 aliphatic carbocycles. The average molecular weight is 285 g/mol. The molecule has 1 aromatic rings. The Labute approximate surface area is 108 Å². The first kappa shape index (κ1) is 16.5. The number of carbonyl (C=O) groups is 1. The first-order valence-corrected chi connectivity index (χ1v) is 4.71. The molecule has 0 aliphatic rings. The van der Waals surface area contributed by atoms with E-state index in [0.29, 0.717) is 0 Å². The average Bonchev–Trinajstić information content (AvgIpc) is 2.20. The first-order valence-electron chi connectivity index (χ1n) is 4.71. The van der Waals surface area contributed by atoms with E-state index in [1.807, 2.05) is 0 Å². The third-order valence-corrected chi connectivity index (χ3v) is 1.83. The van der Waals surface area contributed by atoms with Crippen LogP contribution in [0.25, 0.3) is 0 Å². The number of anilines is 1. The molecule has 0 saturated heterocycles. The predicted molar refractivity (Wildman–Crippen MR) is 62.6 cm³/mol. The van der Waals surface area contributed by atoms with E-state index >= 15 is 0 Å². The lowest BCUT2D eigenvalue weighted by Crippen LogP contribution is -2.32. The van der Waals surface area contributed by atoms with Crippen molar-refractivity contribution < 1.29 is 22.7 Å². The van der Waals surface area contributed by atoms with Gasteiger partial charge in [-0.25, -0.2) is 4.39 Å². The number of ether oxygens (including phenoxy) is 1. The molecule has 0 bridgehead atoms. The smallest absolute Gasteiger partial charge is 0.387 e. The van der Waals surface area contributed by atoms with Gasteiger partial charge < -0.3 is 15.8 Å². The van der Waals surface area contributed by atoms with Crippen LogP contribution in [0, 0.1) is 5.82 Å². The zero-order chi connectivity index (χ0) is 13.0. The highest BCUT2D eigenvalue weighted by Crippen LogP contribution is 2.27. The lowest BCUT2D eigenvalue weighted by Gasteiger charge is -2.13. The summed E-state index contributed by atoms with van der Waals surface area (Å²) in [7, 11) is 0. The SMILES string of the molecule is C[C@H](N)C(=O)Nc1ccc(F)cc1OC(F)F.Cl. The fraction of sp³-hybridized carbons (Fsp3) is 0.300. The predicted octanol–water partition coefficient (Wildman–Crippen LogP) is 2.13. The fourth-order valence-corrected chi connectivity index (χ4v) is 1.04. The van der Waals surface area contributed by atoms with Crippen LogP contribution in [0.15, 0.2) is 18.2 Å². The number of halogens is 4. The molecule has 0 spiro atoms. The third-order valence-electron chi connectivity index (χ3n) is 1.83. The molecule has 0 heterocycles. The Kier molecular flexibility index (Phi) is 6.50. The van der Waals surface area contributed by atoms with Crippen molar-refractivity contribution in [2.75, 3.05) is 5.32 Å². The van der Waals surface area contributed by atoms with Gasteiger partial charge in [-0.15, -0.1) is 12.4 Å². The summed E-state index contributed by atoms with van der Waals surface area (Å²) in [5.41, 5.74) is 5.23. The molecule has 18 heavy (non-hydrogen) atoms. The minimum absolute atomic E-state index is 0. The highest BCUT2D eigenvalue weighted by atomic mass is 35.5. The number of nitrogens with two attached hydrogens (primary N) is 1. The van der Waals surface area contributed by atoms with Gasteiger partial charge >= 0.3 is 6.61 Å². The summed E-state index contributed by atoms with van der Waals surface area (Å²) in [4.78, 5) is 11.3. The maximum atomic E-state index is 12.8. The minimum Gasteiger partial charge on any atom is -0.432 e. The van der Waals surface area contributed by atoms with E-state index in [9.17, 15) is 18.0 Å². The lowest BCUT2D eigenvalue weighted by atomic mass is 10.2. The lowest BCUT2D eigenvalue weighted by molar-refractivity contribution is -0.117. The Bertz CT molecular complexity index is 416. The highest BCUT2D eigenvalue weighted by Gasteiger charge is 2.14. The van der Waals surface area contributed by atoms with Crippen LogP contribution < -0.4 is 15.8 Å². The van der Waals surface area contributed by atoms with Gasteiger partial charge in [0, 0.05) is 6.07 Å². The van der Waals surface area contributed by atoms with Crippen LogP contribution in [0.1, 0.15) is 6.92 Å². The van der Waals surface area contributed by atoms with Gasteiger partial charge in [-0.3, -0.25) is 4.79 Å². The molecule has 8 heteroatoms. The summed E-state index contributed by atoms with van der Waals surface area (Å²) in [5, 5.41) is 2.25. The van der Waals surface area contributed by atoms with Crippen LogP contribution in [-0.4, -0.2) is 18.6 Å². The van der Waals surface area contributed by atoms with E-state index < -0.39 is 30.1 Å². The van der Waals surface area contributed by atoms with Gasteiger partial charge in [0.25, 0.3) is 0 Å². The third kappa shape index (κ3) is 4.80. The molecular weight excluding hydrogens is 273 g/mol. The van der Waals surface area contributed by atoms with Gasteiger partial charge in [0.2, 0.25) is 5.91 Å². The molecule has 102 valence electrons. The molecule has 1 amide bonds. The summed E-state index contributed by atoms with van der Waals surface area (Å²) < 4.78 is 41.0. The van der Waals surface area contributed by atoms with E-state index in [-0.39, 0.29) is 18.1 Å². The zero-order valence-corrected chi connectivity index (χ0v) is 10.1. The molecule has 1 atom stereocenters. The summed E-state index contributed by atoms with van der Waals surface area (Å²) >= 11 is 0. The van der Waals surface area contributed by atoms with E-state index in [1.165, 1.54) is 6.92 Å². The Hall–Kier alpha value is -1.47. The molecule has 3 N–H and O–H groups in total. The van der Waals surface area contributed by atoms with Crippen molar-refractivity contribution in [2.24, 2.45) is 5.73 Å². The fourth-order valence-electron chi connectivity index (χ4n) is 1.04. The number of nitrogens with one attached hydrogen (secondary N) is 1. The number of amides is 1. The van der Waals surface area contributed by atoms with Crippen LogP contribution in [0.5, 0.6) is 5.75 Å². The largest absolute Gasteiger partial charge is 0.432 e. The molecule has 0 radical (unpaired) electrons. The number of rotatable bonds is 4. The van der Waals surface area contributed by atoms with Crippen molar-refractivity contribution in [2.45, 2.75) is 19.6 Å². The van der Waals surface area contributed by atoms with E-state index in [1.54, 1.807) is 0 Å². The van der Waals surface area contributed by atoms with Crippen molar-refractivity contribution in [1.82, 2.24) is 0 Å². The molecule has 1 aromatic carbocycles. The molecule has 4 nitrogen and oxygen atoms in total. The Balaban J connectivity index is 0.00000289. The maximum Gasteiger partial charge on any atom is 0.387 e. The van der Waals surface area contributed by atoms with Crippen LogP contribution in [0.4, 0.5) is 18.9 Å². The van der Waals surface area contributed by atoms with E-state index in [2.05, 4.69) is 10.1 Å². The number of hydrogen-bond donors (Lipinski definition) is 2. The molecule has 0 saturated carbocycles. The Morgan fingerprint density at radius 1 is 1.44 bits per heavy atom.